The first-order chi connectivity index (χ1) is 28.4. The molecule has 5 aromatic rings. The van der Waals surface area contributed by atoms with Crippen molar-refractivity contribution in [2.75, 3.05) is 26.2 Å². The highest BCUT2D eigenvalue weighted by Crippen LogP contribution is 2.31. The number of nitrogens with zero attached hydrogens (tertiary/aromatic N) is 3. The molecule has 11 nitrogen and oxygen atoms in total. The Kier molecular flexibility index (Phi) is 16.2. The Balaban J connectivity index is 0.000000703. The number of hydrogen-bond acceptors (Lipinski definition) is 7. The van der Waals surface area contributed by atoms with Gasteiger partial charge in [0.1, 0.15) is 6.54 Å². The van der Waals surface area contributed by atoms with Crippen molar-refractivity contribution in [2.45, 2.75) is 65.1 Å². The Bertz CT molecular complexity index is 2310. The second-order valence-electron chi connectivity index (χ2n) is 13.9. The number of carbonyl (C=O) groups is 3. The summed E-state index contributed by atoms with van der Waals surface area (Å²) in [5, 5.41) is 33.0. The van der Waals surface area contributed by atoms with Gasteiger partial charge >= 0.3 is 18.1 Å². The van der Waals surface area contributed by atoms with Crippen LogP contribution in [0.3, 0.4) is 0 Å². The average Bonchev–Trinajstić information content (AvgIpc) is 3.23. The smallest absolute Gasteiger partial charge is 0.416 e. The van der Waals surface area contributed by atoms with Gasteiger partial charge in [-0.1, -0.05) is 74.5 Å². The van der Waals surface area contributed by atoms with Crippen LogP contribution in [0, 0.1) is 18.6 Å². The zero-order chi connectivity index (χ0) is 44.3. The molecule has 60 heavy (non-hydrogen) atoms. The predicted molar refractivity (Wildman–Crippen MR) is 214 cm³/mol. The van der Waals surface area contributed by atoms with Crippen LogP contribution in [0.15, 0.2) is 95.8 Å². The lowest BCUT2D eigenvalue weighted by Gasteiger charge is -2.28. The Morgan fingerprint density at radius 3 is 1.87 bits per heavy atom. The summed E-state index contributed by atoms with van der Waals surface area (Å²) in [6.07, 6.45) is -8.60. The molecule has 4 N–H and O–H groups in total. The SMILES string of the molecule is CCN(CC)CCN(Cc1ccc(-c2ccc(C(F)(F)F)cc2)cc1)C(=O)Cn1c(CCc2cccc(F)c2F)c(C)c(=O)c2ccccc21.O=C(O)C(O)C(O)C(=O)O. The van der Waals surface area contributed by atoms with Gasteiger partial charge in [-0.15, -0.1) is 0 Å². The van der Waals surface area contributed by atoms with Gasteiger partial charge in [-0.05, 0) is 85.4 Å². The zero-order valence-corrected chi connectivity index (χ0v) is 33.1. The molecule has 0 spiro atoms. The van der Waals surface area contributed by atoms with E-state index in [4.69, 9.17) is 20.4 Å². The van der Waals surface area contributed by atoms with E-state index in [2.05, 4.69) is 18.7 Å². The fourth-order valence-corrected chi connectivity index (χ4v) is 6.55. The molecule has 2 unspecified atom stereocenters. The van der Waals surface area contributed by atoms with Crippen molar-refractivity contribution in [1.82, 2.24) is 14.4 Å². The molecule has 16 heteroatoms. The number of aliphatic carboxylic acids is 2. The predicted octanol–water partition coefficient (Wildman–Crippen LogP) is 6.31. The van der Waals surface area contributed by atoms with Crippen molar-refractivity contribution < 1.29 is 56.8 Å². The van der Waals surface area contributed by atoms with Gasteiger partial charge in [0.05, 0.1) is 11.1 Å². The van der Waals surface area contributed by atoms with Crippen molar-refractivity contribution in [3.05, 3.63) is 141 Å². The fourth-order valence-electron chi connectivity index (χ4n) is 6.55. The van der Waals surface area contributed by atoms with Crippen molar-refractivity contribution in [1.29, 1.82) is 0 Å². The molecule has 0 aliphatic rings. The van der Waals surface area contributed by atoms with E-state index in [-0.39, 0.29) is 42.8 Å². The van der Waals surface area contributed by atoms with Crippen molar-refractivity contribution >= 4 is 28.7 Å². The first kappa shape index (κ1) is 46.7. The highest BCUT2D eigenvalue weighted by atomic mass is 19.4. The van der Waals surface area contributed by atoms with Crippen LogP contribution in [0.1, 0.15) is 41.8 Å². The zero-order valence-electron chi connectivity index (χ0n) is 33.1. The van der Waals surface area contributed by atoms with Crippen LogP contribution in [0.5, 0.6) is 0 Å². The lowest BCUT2D eigenvalue weighted by atomic mass is 10.0. The van der Waals surface area contributed by atoms with Crippen LogP contribution in [-0.2, 0) is 46.5 Å². The number of benzene rings is 4. The van der Waals surface area contributed by atoms with E-state index in [1.54, 1.807) is 36.1 Å². The Hall–Kier alpha value is -5.97. The number of carboxylic acids is 2. The average molecular weight is 840 g/mol. The number of alkyl halides is 3. The maximum absolute atomic E-state index is 14.6. The van der Waals surface area contributed by atoms with Gasteiger partial charge in [0.15, 0.2) is 29.3 Å². The summed E-state index contributed by atoms with van der Waals surface area (Å²) in [6.45, 7) is 8.70. The molecule has 1 heterocycles. The number of likely N-dealkylation sites (N-methyl/N-ethyl adjacent to an activating group) is 1. The minimum atomic E-state index is -4.41. The van der Waals surface area contributed by atoms with E-state index in [0.717, 1.165) is 42.4 Å². The molecule has 0 fully saturated rings. The van der Waals surface area contributed by atoms with Gasteiger partial charge in [-0.3, -0.25) is 9.59 Å². The minimum absolute atomic E-state index is 0.0789. The summed E-state index contributed by atoms with van der Waals surface area (Å²) in [7, 11) is 0. The number of fused-ring (bicyclic) bond motifs is 1. The van der Waals surface area contributed by atoms with E-state index in [1.807, 2.05) is 28.8 Å². The number of halogens is 5. The molecule has 0 bridgehead atoms. The van der Waals surface area contributed by atoms with Crippen molar-refractivity contribution in [3.63, 3.8) is 0 Å². The van der Waals surface area contributed by atoms with Crippen molar-refractivity contribution in [3.8, 4) is 11.1 Å². The summed E-state index contributed by atoms with van der Waals surface area (Å²) >= 11 is 0. The van der Waals surface area contributed by atoms with Crippen LogP contribution >= 0.6 is 0 Å². The summed E-state index contributed by atoms with van der Waals surface area (Å²) in [6, 6.07) is 23.5. The summed E-state index contributed by atoms with van der Waals surface area (Å²) in [5.74, 6) is -5.59. The normalized spacial score (nSPS) is 12.4. The Morgan fingerprint density at radius 1 is 0.750 bits per heavy atom. The third-order valence-electron chi connectivity index (χ3n) is 10.1. The molecule has 2 atom stereocenters. The molecule has 5 rings (SSSR count). The Labute approximate surface area is 342 Å². The molecule has 0 radical (unpaired) electrons. The molecule has 1 aromatic heterocycles. The van der Waals surface area contributed by atoms with E-state index in [1.165, 1.54) is 24.3 Å². The monoisotopic (exact) mass is 839 g/mol. The van der Waals surface area contributed by atoms with Gasteiger partial charge < -0.3 is 34.8 Å². The molecule has 0 aliphatic carbocycles. The van der Waals surface area contributed by atoms with Gasteiger partial charge in [0, 0.05) is 36.3 Å². The minimum Gasteiger partial charge on any atom is -0.479 e. The molecule has 4 aromatic carbocycles. The van der Waals surface area contributed by atoms with E-state index in [9.17, 15) is 41.1 Å². The number of para-hydroxylation sites is 1. The van der Waals surface area contributed by atoms with Crippen LogP contribution in [0.2, 0.25) is 0 Å². The summed E-state index contributed by atoms with van der Waals surface area (Å²) < 4.78 is 69.6. The number of amides is 1. The third-order valence-corrected chi connectivity index (χ3v) is 10.1. The van der Waals surface area contributed by atoms with Gasteiger partial charge in [-0.2, -0.15) is 13.2 Å². The topological polar surface area (TPSA) is 161 Å². The molecule has 320 valence electrons. The number of carboxylic acid groups (broad SMARTS) is 2. The molecular formula is C44H46F5N3O8. The standard InChI is InChI=1S/C40H40F5N3O2.C4H6O6/c1-4-46(5-2)23-24-47(25-28-13-15-29(16-14-28)30-17-20-32(21-18-30)40(43,44)45)37(49)26-48-35(22-19-31-9-8-11-34(41)38(31)42)27(3)39(50)33-10-6-7-12-36(33)48;5-1(3(7)8)2(6)4(9)10/h6-18,20-21H,4-5,19,22-26H2,1-3H3;1-2,5-6H,(H,7,8)(H,9,10). The number of aryl methyl sites for hydroxylation is 1. The van der Waals surface area contributed by atoms with Crippen LogP contribution in [0.25, 0.3) is 22.0 Å². The quantitative estimate of drug-likeness (QED) is 0.0836. The highest BCUT2D eigenvalue weighted by Gasteiger charge is 2.30. The fraction of sp³-hybridized carbons (Fsp3) is 0.318. The number of hydrogen-bond donors (Lipinski definition) is 4. The van der Waals surface area contributed by atoms with Gasteiger partial charge in [-0.25, -0.2) is 18.4 Å². The number of pyridine rings is 1. The number of aliphatic hydroxyl groups excluding tert-OH is 2. The molecule has 0 saturated heterocycles. The molecule has 1 amide bonds. The van der Waals surface area contributed by atoms with E-state index in [0.29, 0.717) is 40.8 Å². The maximum Gasteiger partial charge on any atom is 0.416 e. The second kappa shape index (κ2) is 20.8. The van der Waals surface area contributed by atoms with Crippen LogP contribution in [0.4, 0.5) is 22.0 Å². The number of rotatable bonds is 16. The summed E-state index contributed by atoms with van der Waals surface area (Å²) in [5.41, 5.74) is 3.14. The molecule has 0 aliphatic heterocycles. The van der Waals surface area contributed by atoms with E-state index >= 15 is 0 Å². The second-order valence-corrected chi connectivity index (χ2v) is 13.9. The number of aromatic nitrogens is 1. The first-order valence-electron chi connectivity index (χ1n) is 19.0. The first-order valence-corrected chi connectivity index (χ1v) is 19.0. The summed E-state index contributed by atoms with van der Waals surface area (Å²) in [4.78, 5) is 51.2. The third kappa shape index (κ3) is 11.8. The van der Waals surface area contributed by atoms with E-state index < -0.39 is 47.5 Å². The maximum atomic E-state index is 14.6. The Morgan fingerprint density at radius 2 is 1.32 bits per heavy atom. The number of carbonyl (C=O) groups excluding carboxylic acids is 1. The molecule has 0 saturated carbocycles. The van der Waals surface area contributed by atoms with Gasteiger partial charge in [0.25, 0.3) is 0 Å². The lowest BCUT2D eigenvalue weighted by molar-refractivity contribution is -0.165. The largest absolute Gasteiger partial charge is 0.479 e. The van der Waals surface area contributed by atoms with Crippen LogP contribution < -0.4 is 5.43 Å². The highest BCUT2D eigenvalue weighted by molar-refractivity contribution is 5.84. The van der Waals surface area contributed by atoms with Gasteiger partial charge in [0.2, 0.25) is 5.91 Å². The molecular weight excluding hydrogens is 793 g/mol. The lowest BCUT2D eigenvalue weighted by Crippen LogP contribution is -2.40. The number of aliphatic hydroxyl groups is 2. The van der Waals surface area contributed by atoms with Crippen LogP contribution in [-0.4, -0.2) is 91.0 Å². The van der Waals surface area contributed by atoms with Crippen molar-refractivity contribution in [2.24, 2.45) is 0 Å².